The summed E-state index contributed by atoms with van der Waals surface area (Å²) >= 11 is 5.05. The van der Waals surface area contributed by atoms with E-state index >= 15 is 0 Å². The van der Waals surface area contributed by atoms with Crippen LogP contribution in [0.4, 0.5) is 0 Å². The van der Waals surface area contributed by atoms with Gasteiger partial charge in [-0.1, -0.05) is 12.8 Å². The second-order valence-corrected chi connectivity index (χ2v) is 7.56. The highest BCUT2D eigenvalue weighted by atomic mass is 79.9. The van der Waals surface area contributed by atoms with E-state index in [1.807, 2.05) is 11.4 Å². The van der Waals surface area contributed by atoms with Gasteiger partial charge in [-0.05, 0) is 40.8 Å². The average molecular weight is 373 g/mol. The first kappa shape index (κ1) is 16.5. The van der Waals surface area contributed by atoms with Gasteiger partial charge < -0.3 is 10.2 Å². The molecule has 0 spiro atoms. The molecule has 1 aliphatic carbocycles. The zero-order valence-corrected chi connectivity index (χ0v) is 14.8. The van der Waals surface area contributed by atoms with Gasteiger partial charge in [-0.15, -0.1) is 11.3 Å². The lowest BCUT2D eigenvalue weighted by Gasteiger charge is -2.28. The van der Waals surface area contributed by atoms with Crippen LogP contribution in [0.3, 0.4) is 0 Å². The summed E-state index contributed by atoms with van der Waals surface area (Å²) < 4.78 is 1.04. The van der Waals surface area contributed by atoms with E-state index in [4.69, 9.17) is 0 Å². The van der Waals surface area contributed by atoms with E-state index in [-0.39, 0.29) is 23.8 Å². The molecule has 1 aromatic rings. The molecule has 1 heterocycles. The fourth-order valence-corrected chi connectivity index (χ4v) is 4.38. The van der Waals surface area contributed by atoms with E-state index in [0.717, 1.165) is 35.0 Å². The van der Waals surface area contributed by atoms with E-state index in [2.05, 4.69) is 21.2 Å². The summed E-state index contributed by atoms with van der Waals surface area (Å²) in [7, 11) is 1.81. The molecule has 1 atom stereocenters. The predicted molar refractivity (Wildman–Crippen MR) is 88.1 cm³/mol. The van der Waals surface area contributed by atoms with Gasteiger partial charge in [-0.25, -0.2) is 0 Å². The Labute approximate surface area is 138 Å². The zero-order valence-electron chi connectivity index (χ0n) is 12.4. The van der Waals surface area contributed by atoms with Crippen molar-refractivity contribution in [3.8, 4) is 0 Å². The first-order chi connectivity index (χ1) is 9.97. The maximum Gasteiger partial charge on any atom is 0.245 e. The van der Waals surface area contributed by atoms with Crippen molar-refractivity contribution in [3.05, 3.63) is 20.8 Å². The Morgan fingerprint density at radius 1 is 1.48 bits per heavy atom. The maximum atomic E-state index is 12.7. The number of rotatable bonds is 5. The minimum absolute atomic E-state index is 0.0154. The van der Waals surface area contributed by atoms with Crippen LogP contribution in [0.2, 0.25) is 0 Å². The van der Waals surface area contributed by atoms with E-state index < -0.39 is 0 Å². The molecule has 2 amide bonds. The number of hydrogen-bond acceptors (Lipinski definition) is 3. The van der Waals surface area contributed by atoms with Crippen molar-refractivity contribution in [2.75, 3.05) is 7.05 Å². The number of amides is 2. The molecule has 116 valence electrons. The highest BCUT2D eigenvalue weighted by Gasteiger charge is 2.33. The molecule has 1 aromatic heterocycles. The number of halogens is 1. The number of carbonyl (C=O) groups excluding carboxylic acids is 2. The summed E-state index contributed by atoms with van der Waals surface area (Å²) in [6.45, 7) is 2.06. The van der Waals surface area contributed by atoms with Gasteiger partial charge in [0.15, 0.2) is 0 Å². The Morgan fingerprint density at radius 3 is 2.67 bits per heavy atom. The number of thiophene rings is 1. The standard InChI is InChI=1S/C15H21BrN2O2S/c1-10(19)17-14(11-5-3-4-6-11)15(20)18(2)8-13-7-12(16)9-21-13/h7,9,11,14H,3-6,8H2,1-2H3,(H,17,19). The van der Waals surface area contributed by atoms with Crippen LogP contribution < -0.4 is 5.32 Å². The molecular formula is C15H21BrN2O2S. The average Bonchev–Trinajstić information content (AvgIpc) is 3.06. The van der Waals surface area contributed by atoms with Gasteiger partial charge in [0.1, 0.15) is 6.04 Å². The lowest BCUT2D eigenvalue weighted by atomic mass is 9.96. The fraction of sp³-hybridized carbons (Fsp3) is 0.600. The molecular weight excluding hydrogens is 352 g/mol. The lowest BCUT2D eigenvalue weighted by molar-refractivity contribution is -0.136. The Kier molecular flexibility index (Phi) is 5.81. The molecule has 1 saturated carbocycles. The van der Waals surface area contributed by atoms with E-state index in [1.54, 1.807) is 23.3 Å². The van der Waals surface area contributed by atoms with Crippen molar-refractivity contribution in [1.29, 1.82) is 0 Å². The van der Waals surface area contributed by atoms with Crippen LogP contribution in [0.5, 0.6) is 0 Å². The molecule has 0 radical (unpaired) electrons. The molecule has 2 rings (SSSR count). The number of nitrogens with zero attached hydrogens (tertiary/aromatic N) is 1. The minimum atomic E-state index is -0.376. The van der Waals surface area contributed by atoms with Gasteiger partial charge in [0, 0.05) is 28.7 Å². The van der Waals surface area contributed by atoms with Gasteiger partial charge in [0.05, 0.1) is 6.54 Å². The second-order valence-electron chi connectivity index (χ2n) is 5.65. The largest absolute Gasteiger partial charge is 0.344 e. The van der Waals surface area contributed by atoms with Crippen molar-refractivity contribution in [2.24, 2.45) is 5.92 Å². The van der Waals surface area contributed by atoms with Crippen LogP contribution in [0.1, 0.15) is 37.5 Å². The first-order valence-electron chi connectivity index (χ1n) is 7.22. The zero-order chi connectivity index (χ0) is 15.4. The molecule has 1 N–H and O–H groups in total. The fourth-order valence-electron chi connectivity index (χ4n) is 2.88. The second kappa shape index (κ2) is 7.40. The molecule has 1 unspecified atom stereocenters. The van der Waals surface area contributed by atoms with Gasteiger partial charge in [0.2, 0.25) is 11.8 Å². The number of nitrogens with one attached hydrogen (secondary N) is 1. The maximum absolute atomic E-state index is 12.7. The van der Waals surface area contributed by atoms with Crippen molar-refractivity contribution >= 4 is 39.1 Å². The molecule has 21 heavy (non-hydrogen) atoms. The van der Waals surface area contributed by atoms with Crippen LogP contribution in [0, 0.1) is 5.92 Å². The summed E-state index contributed by atoms with van der Waals surface area (Å²) in [5.74, 6) is 0.160. The van der Waals surface area contributed by atoms with Gasteiger partial charge in [-0.3, -0.25) is 9.59 Å². The van der Waals surface area contributed by atoms with Crippen LogP contribution in [-0.4, -0.2) is 29.8 Å². The summed E-state index contributed by atoms with van der Waals surface area (Å²) in [6, 6.07) is 1.65. The van der Waals surface area contributed by atoms with Gasteiger partial charge in [-0.2, -0.15) is 0 Å². The molecule has 4 nitrogen and oxygen atoms in total. The SMILES string of the molecule is CC(=O)NC(C(=O)N(C)Cc1cc(Br)cs1)C1CCCC1. The van der Waals surface area contributed by atoms with E-state index in [9.17, 15) is 9.59 Å². The summed E-state index contributed by atoms with van der Waals surface area (Å²) in [4.78, 5) is 26.9. The van der Waals surface area contributed by atoms with Crippen molar-refractivity contribution in [1.82, 2.24) is 10.2 Å². The first-order valence-corrected chi connectivity index (χ1v) is 8.89. The van der Waals surface area contributed by atoms with Crippen LogP contribution in [0.15, 0.2) is 15.9 Å². The third-order valence-corrected chi connectivity index (χ3v) is 5.57. The molecule has 0 aromatic carbocycles. The summed E-state index contributed by atoms with van der Waals surface area (Å²) in [5.41, 5.74) is 0. The predicted octanol–water partition coefficient (Wildman–Crippen LogP) is 3.16. The molecule has 1 aliphatic rings. The normalized spacial score (nSPS) is 16.7. The monoisotopic (exact) mass is 372 g/mol. The third-order valence-electron chi connectivity index (χ3n) is 3.89. The molecule has 0 bridgehead atoms. The van der Waals surface area contributed by atoms with Crippen molar-refractivity contribution in [2.45, 2.75) is 45.2 Å². The summed E-state index contributed by atoms with van der Waals surface area (Å²) in [6.07, 6.45) is 4.34. The Bertz CT molecular complexity index is 512. The third kappa shape index (κ3) is 4.54. The minimum Gasteiger partial charge on any atom is -0.344 e. The van der Waals surface area contributed by atoms with E-state index in [0.29, 0.717) is 6.54 Å². The quantitative estimate of drug-likeness (QED) is 0.862. The van der Waals surface area contributed by atoms with Gasteiger partial charge >= 0.3 is 0 Å². The topological polar surface area (TPSA) is 49.4 Å². The Hall–Kier alpha value is -0.880. The number of carbonyl (C=O) groups is 2. The molecule has 0 aliphatic heterocycles. The molecule has 0 saturated heterocycles. The number of hydrogen-bond donors (Lipinski definition) is 1. The Balaban J connectivity index is 2.03. The van der Waals surface area contributed by atoms with E-state index in [1.165, 1.54) is 6.92 Å². The van der Waals surface area contributed by atoms with Crippen molar-refractivity contribution < 1.29 is 9.59 Å². The van der Waals surface area contributed by atoms with Crippen molar-refractivity contribution in [3.63, 3.8) is 0 Å². The Morgan fingerprint density at radius 2 is 2.14 bits per heavy atom. The highest BCUT2D eigenvalue weighted by Crippen LogP contribution is 2.29. The molecule has 1 fully saturated rings. The van der Waals surface area contributed by atoms with Crippen LogP contribution >= 0.6 is 27.3 Å². The summed E-state index contributed by atoms with van der Waals surface area (Å²) in [5, 5.41) is 4.87. The van der Waals surface area contributed by atoms with Gasteiger partial charge in [0.25, 0.3) is 0 Å². The highest BCUT2D eigenvalue weighted by molar-refractivity contribution is 9.10. The molecule has 6 heteroatoms. The van der Waals surface area contributed by atoms with Crippen LogP contribution in [0.25, 0.3) is 0 Å². The van der Waals surface area contributed by atoms with Crippen LogP contribution in [-0.2, 0) is 16.1 Å². The lowest BCUT2D eigenvalue weighted by Crippen LogP contribution is -2.50. The number of likely N-dealkylation sites (N-methyl/N-ethyl adjacent to an activating group) is 1. The smallest absolute Gasteiger partial charge is 0.245 e.